The van der Waals surface area contributed by atoms with Gasteiger partial charge in [0.05, 0.1) is 15.4 Å². The Balaban J connectivity index is 2.31. The summed E-state index contributed by atoms with van der Waals surface area (Å²) < 4.78 is 6.87. The van der Waals surface area contributed by atoms with Crippen molar-refractivity contribution >= 4 is 28.4 Å². The second-order valence-corrected chi connectivity index (χ2v) is 5.17. The molecule has 1 fully saturated rings. The van der Waals surface area contributed by atoms with Gasteiger partial charge < -0.3 is 10.1 Å². The Kier molecular flexibility index (Phi) is 3.63. The van der Waals surface area contributed by atoms with E-state index in [0.717, 1.165) is 33.7 Å². The van der Waals surface area contributed by atoms with Crippen LogP contribution in [0.15, 0.2) is 0 Å². The molecule has 2 heterocycles. The molecular formula is C11H16IN3O. The smallest absolute Gasteiger partial charge is 0.159 e. The summed E-state index contributed by atoms with van der Waals surface area (Å²) >= 11 is 2.26. The Labute approximate surface area is 109 Å². The fraction of sp³-hybridized carbons (Fsp3) is 0.636. The molecule has 0 spiro atoms. The number of ether oxygens (including phenoxy) is 1. The molecule has 88 valence electrons. The van der Waals surface area contributed by atoms with E-state index in [4.69, 9.17) is 4.74 Å². The average molecular weight is 333 g/mol. The molecule has 0 aliphatic carbocycles. The average Bonchev–Trinajstić information content (AvgIpc) is 2.69. The van der Waals surface area contributed by atoms with Gasteiger partial charge in [-0.2, -0.15) is 0 Å². The van der Waals surface area contributed by atoms with Crippen LogP contribution in [0, 0.1) is 10.5 Å². The lowest BCUT2D eigenvalue weighted by molar-refractivity contribution is 0.0502. The van der Waals surface area contributed by atoms with Gasteiger partial charge in [-0.05, 0) is 49.3 Å². The largest absolute Gasteiger partial charge is 0.372 e. The zero-order valence-electron chi connectivity index (χ0n) is 9.75. The van der Waals surface area contributed by atoms with Crippen LogP contribution in [0.5, 0.6) is 0 Å². The molecule has 2 unspecified atom stereocenters. The van der Waals surface area contributed by atoms with E-state index in [1.807, 2.05) is 14.0 Å². The predicted molar refractivity (Wildman–Crippen MR) is 71.6 cm³/mol. The van der Waals surface area contributed by atoms with Gasteiger partial charge in [-0.25, -0.2) is 9.97 Å². The Hall–Kier alpha value is -0.430. The lowest BCUT2D eigenvalue weighted by atomic mass is 10.2. The summed E-state index contributed by atoms with van der Waals surface area (Å²) in [6.45, 7) is 4.10. The first-order chi connectivity index (χ1) is 7.61. The minimum Gasteiger partial charge on any atom is -0.372 e. The highest BCUT2D eigenvalue weighted by Crippen LogP contribution is 2.32. The molecule has 1 aliphatic heterocycles. The second kappa shape index (κ2) is 4.83. The summed E-state index contributed by atoms with van der Waals surface area (Å²) in [6, 6.07) is 0. The van der Waals surface area contributed by atoms with Crippen LogP contribution in [-0.2, 0) is 4.74 Å². The van der Waals surface area contributed by atoms with E-state index in [0.29, 0.717) is 6.10 Å². The van der Waals surface area contributed by atoms with Crippen molar-refractivity contribution in [3.05, 3.63) is 15.1 Å². The van der Waals surface area contributed by atoms with Gasteiger partial charge in [0.25, 0.3) is 0 Å². The van der Waals surface area contributed by atoms with Gasteiger partial charge in [0.15, 0.2) is 5.82 Å². The van der Waals surface area contributed by atoms with Gasteiger partial charge in [-0.15, -0.1) is 0 Å². The molecule has 1 saturated heterocycles. The number of aryl methyl sites for hydroxylation is 1. The van der Waals surface area contributed by atoms with E-state index in [9.17, 15) is 0 Å². The van der Waals surface area contributed by atoms with E-state index >= 15 is 0 Å². The molecule has 0 aromatic carbocycles. The molecule has 0 saturated carbocycles. The van der Waals surface area contributed by atoms with Crippen LogP contribution < -0.4 is 5.32 Å². The van der Waals surface area contributed by atoms with E-state index in [1.165, 1.54) is 0 Å². The van der Waals surface area contributed by atoms with Gasteiger partial charge in [-0.3, -0.25) is 0 Å². The molecule has 1 aromatic heterocycles. The summed E-state index contributed by atoms with van der Waals surface area (Å²) in [7, 11) is 1.88. The van der Waals surface area contributed by atoms with E-state index in [-0.39, 0.29) is 6.10 Å². The van der Waals surface area contributed by atoms with Crippen LogP contribution >= 0.6 is 22.6 Å². The van der Waals surface area contributed by atoms with Crippen LogP contribution in [0.3, 0.4) is 0 Å². The van der Waals surface area contributed by atoms with Crippen molar-refractivity contribution in [2.45, 2.75) is 38.9 Å². The van der Waals surface area contributed by atoms with Crippen molar-refractivity contribution < 1.29 is 4.74 Å². The number of hydrogen-bond acceptors (Lipinski definition) is 4. The summed E-state index contributed by atoms with van der Waals surface area (Å²) in [5, 5.41) is 3.10. The van der Waals surface area contributed by atoms with Gasteiger partial charge in [-0.1, -0.05) is 0 Å². The maximum absolute atomic E-state index is 5.79. The molecule has 2 rings (SSSR count). The Morgan fingerprint density at radius 3 is 2.69 bits per heavy atom. The fourth-order valence-corrected chi connectivity index (χ4v) is 2.39. The quantitative estimate of drug-likeness (QED) is 0.846. The Bertz CT molecular complexity index is 397. The van der Waals surface area contributed by atoms with Crippen molar-refractivity contribution in [2.75, 3.05) is 12.4 Å². The normalized spacial score (nSPS) is 24.8. The van der Waals surface area contributed by atoms with Crippen LogP contribution in [0.4, 0.5) is 5.82 Å². The minimum absolute atomic E-state index is 0.0674. The second-order valence-electron chi connectivity index (χ2n) is 4.09. The number of nitrogens with one attached hydrogen (secondary N) is 1. The molecule has 0 radical (unpaired) electrons. The first-order valence-corrected chi connectivity index (χ1v) is 6.57. The molecule has 0 amide bonds. The van der Waals surface area contributed by atoms with Crippen LogP contribution in [0.25, 0.3) is 0 Å². The topological polar surface area (TPSA) is 47.0 Å². The van der Waals surface area contributed by atoms with Crippen molar-refractivity contribution in [3.8, 4) is 0 Å². The van der Waals surface area contributed by atoms with E-state index in [1.54, 1.807) is 0 Å². The number of halogens is 1. The van der Waals surface area contributed by atoms with Gasteiger partial charge in [0.1, 0.15) is 11.9 Å². The van der Waals surface area contributed by atoms with Crippen molar-refractivity contribution in [1.29, 1.82) is 0 Å². The first-order valence-electron chi connectivity index (χ1n) is 5.49. The van der Waals surface area contributed by atoms with Crippen LogP contribution in [0.1, 0.15) is 37.4 Å². The molecule has 1 aliphatic rings. The summed E-state index contributed by atoms with van der Waals surface area (Å²) in [6.07, 6.45) is 2.50. The molecule has 5 heteroatoms. The Morgan fingerprint density at radius 2 is 2.12 bits per heavy atom. The third-order valence-electron chi connectivity index (χ3n) is 2.79. The Morgan fingerprint density at radius 1 is 1.38 bits per heavy atom. The van der Waals surface area contributed by atoms with Gasteiger partial charge in [0, 0.05) is 7.05 Å². The van der Waals surface area contributed by atoms with Crippen molar-refractivity contribution in [1.82, 2.24) is 9.97 Å². The third-order valence-corrected chi connectivity index (χ3v) is 4.08. The van der Waals surface area contributed by atoms with Crippen LogP contribution in [0.2, 0.25) is 0 Å². The number of aromatic nitrogens is 2. The summed E-state index contributed by atoms with van der Waals surface area (Å²) in [4.78, 5) is 9.03. The number of hydrogen-bond donors (Lipinski definition) is 1. The number of rotatable bonds is 2. The molecule has 0 bridgehead atoms. The maximum atomic E-state index is 5.79. The maximum Gasteiger partial charge on any atom is 0.159 e. The highest BCUT2D eigenvalue weighted by Gasteiger charge is 2.26. The first kappa shape index (κ1) is 12.0. The molecular weight excluding hydrogens is 317 g/mol. The zero-order valence-corrected chi connectivity index (χ0v) is 11.9. The third kappa shape index (κ3) is 2.29. The fourth-order valence-electron chi connectivity index (χ4n) is 1.88. The standard InChI is InChI=1S/C11H16IN3O/c1-6-4-5-8(16-6)10-14-7(2)9(12)11(13-3)15-10/h6,8H,4-5H2,1-3H3,(H,13,14,15). The molecule has 16 heavy (non-hydrogen) atoms. The predicted octanol–water partition coefficient (Wildman–Crippen LogP) is 2.67. The number of nitrogens with zero attached hydrogens (tertiary/aromatic N) is 2. The highest BCUT2D eigenvalue weighted by atomic mass is 127. The zero-order chi connectivity index (χ0) is 11.7. The lowest BCUT2D eigenvalue weighted by Crippen LogP contribution is -2.10. The molecule has 4 nitrogen and oxygen atoms in total. The summed E-state index contributed by atoms with van der Waals surface area (Å²) in [5.74, 6) is 1.71. The molecule has 2 atom stereocenters. The van der Waals surface area contributed by atoms with Gasteiger partial charge in [0.2, 0.25) is 0 Å². The molecule has 1 N–H and O–H groups in total. The van der Waals surface area contributed by atoms with E-state index < -0.39 is 0 Å². The SMILES string of the molecule is CNc1nc(C2CCC(C)O2)nc(C)c1I. The summed E-state index contributed by atoms with van der Waals surface area (Å²) in [5.41, 5.74) is 1.01. The molecule has 1 aromatic rings. The van der Waals surface area contributed by atoms with Crippen LogP contribution in [-0.4, -0.2) is 23.1 Å². The minimum atomic E-state index is 0.0674. The monoisotopic (exact) mass is 333 g/mol. The van der Waals surface area contributed by atoms with Crippen molar-refractivity contribution in [2.24, 2.45) is 0 Å². The van der Waals surface area contributed by atoms with Crippen molar-refractivity contribution in [3.63, 3.8) is 0 Å². The van der Waals surface area contributed by atoms with Gasteiger partial charge >= 0.3 is 0 Å². The lowest BCUT2D eigenvalue weighted by Gasteiger charge is -2.13. The highest BCUT2D eigenvalue weighted by molar-refractivity contribution is 14.1. The number of anilines is 1. The van der Waals surface area contributed by atoms with E-state index in [2.05, 4.69) is 44.8 Å².